The van der Waals surface area contributed by atoms with E-state index in [4.69, 9.17) is 9.84 Å². The molecule has 0 radical (unpaired) electrons. The van der Waals surface area contributed by atoms with E-state index in [9.17, 15) is 9.59 Å². The first-order valence-corrected chi connectivity index (χ1v) is 17.3. The molecule has 0 aliphatic rings. The molecule has 0 bridgehead atoms. The van der Waals surface area contributed by atoms with Crippen LogP contribution in [0.3, 0.4) is 0 Å². The standard InChI is InChI=1S/C36H66O4/c1-3-5-7-9-11-13-14-15-16-17-18-19-21-23-29-33-36(39)40-34(31-27-24-25-28-32-35(37)38)30-26-22-20-12-10-8-6-4-2/h12,20,26,30,34H,3-11,13-19,21-25,27-29,31-33H2,1-2H3,(H,37,38)/b20-12-,30-26-. The van der Waals surface area contributed by atoms with Crippen LogP contribution in [0.15, 0.2) is 24.3 Å². The summed E-state index contributed by atoms with van der Waals surface area (Å²) in [7, 11) is 0. The number of allylic oxidation sites excluding steroid dienone is 3. The number of hydrogen-bond acceptors (Lipinski definition) is 3. The van der Waals surface area contributed by atoms with Crippen LogP contribution in [0.25, 0.3) is 0 Å². The molecular weight excluding hydrogens is 496 g/mol. The Labute approximate surface area is 248 Å². The van der Waals surface area contributed by atoms with Gasteiger partial charge in [0.1, 0.15) is 6.10 Å². The highest BCUT2D eigenvalue weighted by Crippen LogP contribution is 2.16. The number of unbranched alkanes of at least 4 members (excludes halogenated alkanes) is 20. The number of carboxylic acid groups (broad SMARTS) is 1. The molecule has 0 heterocycles. The predicted molar refractivity (Wildman–Crippen MR) is 172 cm³/mol. The first-order valence-electron chi connectivity index (χ1n) is 17.3. The van der Waals surface area contributed by atoms with Gasteiger partial charge in [-0.2, -0.15) is 0 Å². The summed E-state index contributed by atoms with van der Waals surface area (Å²) in [6.07, 6.45) is 39.2. The van der Waals surface area contributed by atoms with Crippen molar-refractivity contribution in [1.29, 1.82) is 0 Å². The van der Waals surface area contributed by atoms with Gasteiger partial charge in [-0.1, -0.05) is 148 Å². The van der Waals surface area contributed by atoms with E-state index in [2.05, 4.69) is 38.2 Å². The molecule has 0 aromatic carbocycles. The smallest absolute Gasteiger partial charge is 0.306 e. The first-order chi connectivity index (χ1) is 19.6. The molecule has 234 valence electrons. The number of aliphatic carboxylic acids is 1. The summed E-state index contributed by atoms with van der Waals surface area (Å²) in [5.74, 6) is -0.804. The maximum absolute atomic E-state index is 12.5. The van der Waals surface area contributed by atoms with E-state index in [1.54, 1.807) is 0 Å². The van der Waals surface area contributed by atoms with Crippen LogP contribution in [0.2, 0.25) is 0 Å². The van der Waals surface area contributed by atoms with Crippen molar-refractivity contribution < 1.29 is 19.4 Å². The molecule has 0 aliphatic carbocycles. The Kier molecular flexibility index (Phi) is 30.7. The Balaban J connectivity index is 4.00. The topological polar surface area (TPSA) is 63.6 Å². The van der Waals surface area contributed by atoms with Gasteiger partial charge >= 0.3 is 11.9 Å². The van der Waals surface area contributed by atoms with Crippen LogP contribution in [0.4, 0.5) is 0 Å². The fourth-order valence-corrected chi connectivity index (χ4v) is 5.07. The van der Waals surface area contributed by atoms with E-state index in [0.717, 1.165) is 57.8 Å². The molecule has 0 saturated heterocycles. The number of esters is 1. The van der Waals surface area contributed by atoms with E-state index >= 15 is 0 Å². The van der Waals surface area contributed by atoms with Gasteiger partial charge in [0.05, 0.1) is 0 Å². The van der Waals surface area contributed by atoms with Gasteiger partial charge in [-0.15, -0.1) is 0 Å². The lowest BCUT2D eigenvalue weighted by Crippen LogP contribution is -2.16. The molecule has 0 aromatic rings. The molecule has 40 heavy (non-hydrogen) atoms. The van der Waals surface area contributed by atoms with Gasteiger partial charge in [-0.3, -0.25) is 9.59 Å². The second kappa shape index (κ2) is 31.9. The lowest BCUT2D eigenvalue weighted by Gasteiger charge is -2.14. The Morgan fingerprint density at radius 1 is 0.575 bits per heavy atom. The van der Waals surface area contributed by atoms with Crippen LogP contribution < -0.4 is 0 Å². The van der Waals surface area contributed by atoms with Crippen molar-refractivity contribution in [3.63, 3.8) is 0 Å². The van der Waals surface area contributed by atoms with Gasteiger partial charge in [0, 0.05) is 12.8 Å². The number of carboxylic acids is 1. The molecule has 4 heteroatoms. The van der Waals surface area contributed by atoms with Crippen molar-refractivity contribution in [3.05, 3.63) is 24.3 Å². The van der Waals surface area contributed by atoms with Crippen molar-refractivity contribution in [1.82, 2.24) is 0 Å². The van der Waals surface area contributed by atoms with Crippen LogP contribution in [0.5, 0.6) is 0 Å². The molecule has 0 amide bonds. The number of rotatable bonds is 31. The zero-order valence-electron chi connectivity index (χ0n) is 26.7. The maximum Gasteiger partial charge on any atom is 0.306 e. The molecule has 0 aromatic heterocycles. The molecule has 4 nitrogen and oxygen atoms in total. The molecule has 1 atom stereocenters. The molecule has 0 spiro atoms. The third kappa shape index (κ3) is 31.0. The lowest BCUT2D eigenvalue weighted by molar-refractivity contribution is -0.147. The molecule has 1 unspecified atom stereocenters. The van der Waals surface area contributed by atoms with Gasteiger partial charge < -0.3 is 9.84 Å². The summed E-state index contributed by atoms with van der Waals surface area (Å²) in [5.41, 5.74) is 0. The van der Waals surface area contributed by atoms with E-state index in [0.29, 0.717) is 6.42 Å². The van der Waals surface area contributed by atoms with E-state index in [1.807, 2.05) is 0 Å². The van der Waals surface area contributed by atoms with Crippen LogP contribution >= 0.6 is 0 Å². The van der Waals surface area contributed by atoms with Crippen molar-refractivity contribution >= 4 is 11.9 Å². The summed E-state index contributed by atoms with van der Waals surface area (Å²) in [6.45, 7) is 4.50. The Morgan fingerprint density at radius 2 is 1.05 bits per heavy atom. The summed E-state index contributed by atoms with van der Waals surface area (Å²) < 4.78 is 5.83. The Hall–Kier alpha value is -1.58. The summed E-state index contributed by atoms with van der Waals surface area (Å²) in [5, 5.41) is 8.79. The average Bonchev–Trinajstić information content (AvgIpc) is 2.93. The largest absolute Gasteiger partial charge is 0.481 e. The Morgan fingerprint density at radius 3 is 1.60 bits per heavy atom. The normalized spacial score (nSPS) is 12.4. The third-order valence-corrected chi connectivity index (χ3v) is 7.66. The van der Waals surface area contributed by atoms with Gasteiger partial charge in [0.15, 0.2) is 0 Å². The van der Waals surface area contributed by atoms with Crippen LogP contribution in [-0.2, 0) is 14.3 Å². The van der Waals surface area contributed by atoms with Gasteiger partial charge in [-0.25, -0.2) is 0 Å². The van der Waals surface area contributed by atoms with Crippen LogP contribution in [-0.4, -0.2) is 23.1 Å². The highest BCUT2D eigenvalue weighted by atomic mass is 16.5. The maximum atomic E-state index is 12.5. The fourth-order valence-electron chi connectivity index (χ4n) is 5.07. The van der Waals surface area contributed by atoms with Crippen LogP contribution in [0, 0.1) is 0 Å². The minimum Gasteiger partial charge on any atom is -0.481 e. The molecule has 0 fully saturated rings. The molecule has 1 N–H and O–H groups in total. The van der Waals surface area contributed by atoms with E-state index < -0.39 is 5.97 Å². The zero-order valence-corrected chi connectivity index (χ0v) is 26.7. The second-order valence-corrected chi connectivity index (χ2v) is 11.7. The number of carbonyl (C=O) groups is 2. The summed E-state index contributed by atoms with van der Waals surface area (Å²) in [4.78, 5) is 23.2. The average molecular weight is 563 g/mol. The minimum absolute atomic E-state index is 0.0784. The third-order valence-electron chi connectivity index (χ3n) is 7.66. The predicted octanol–water partition coefficient (Wildman–Crippen LogP) is 11.7. The van der Waals surface area contributed by atoms with E-state index in [1.165, 1.54) is 103 Å². The second-order valence-electron chi connectivity index (χ2n) is 11.7. The highest BCUT2D eigenvalue weighted by molar-refractivity contribution is 5.69. The van der Waals surface area contributed by atoms with Crippen molar-refractivity contribution in [2.24, 2.45) is 0 Å². The Bertz CT molecular complexity index is 610. The molecular formula is C36H66O4. The highest BCUT2D eigenvalue weighted by Gasteiger charge is 2.11. The summed E-state index contributed by atoms with van der Waals surface area (Å²) >= 11 is 0. The first kappa shape index (κ1) is 38.4. The van der Waals surface area contributed by atoms with Gasteiger partial charge in [-0.05, 0) is 51.0 Å². The minimum atomic E-state index is -0.726. The molecule has 0 aliphatic heterocycles. The van der Waals surface area contributed by atoms with Crippen LogP contribution in [0.1, 0.15) is 187 Å². The van der Waals surface area contributed by atoms with E-state index in [-0.39, 0.29) is 18.5 Å². The number of carbonyl (C=O) groups excluding carboxylic acids is 1. The zero-order chi connectivity index (χ0) is 29.4. The van der Waals surface area contributed by atoms with Gasteiger partial charge in [0.2, 0.25) is 0 Å². The number of hydrogen-bond donors (Lipinski definition) is 1. The monoisotopic (exact) mass is 562 g/mol. The molecule has 0 rings (SSSR count). The van der Waals surface area contributed by atoms with Crippen molar-refractivity contribution in [2.45, 2.75) is 193 Å². The quantitative estimate of drug-likeness (QED) is 0.0518. The molecule has 0 saturated carbocycles. The van der Waals surface area contributed by atoms with Crippen molar-refractivity contribution in [2.75, 3.05) is 0 Å². The summed E-state index contributed by atoms with van der Waals surface area (Å²) in [6, 6.07) is 0. The SMILES string of the molecule is CCCCC/C=C\C/C=C\C(CCCCCCC(=O)O)OC(=O)CCCCCCCCCCCCCCCCC. The van der Waals surface area contributed by atoms with Crippen molar-refractivity contribution in [3.8, 4) is 0 Å². The van der Waals surface area contributed by atoms with Gasteiger partial charge in [0.25, 0.3) is 0 Å². The number of ether oxygens (including phenoxy) is 1. The lowest BCUT2D eigenvalue weighted by atomic mass is 10.0. The fraction of sp³-hybridized carbons (Fsp3) is 0.833.